The summed E-state index contributed by atoms with van der Waals surface area (Å²) in [7, 11) is -3.78. The fourth-order valence-corrected chi connectivity index (χ4v) is 5.44. The van der Waals surface area contributed by atoms with Gasteiger partial charge in [0.05, 0.1) is 4.90 Å². The number of primary sulfonamides is 1. The fraction of sp³-hybridized carbons (Fsp3) is 0.429. The number of piperidine rings is 1. The summed E-state index contributed by atoms with van der Waals surface area (Å²) in [6.07, 6.45) is 4.19. The third kappa shape index (κ3) is 3.54. The van der Waals surface area contributed by atoms with E-state index in [4.69, 9.17) is 5.14 Å². The highest BCUT2D eigenvalue weighted by Gasteiger charge is 2.60. The Balaban J connectivity index is 0.00000210. The fourth-order valence-electron chi connectivity index (χ4n) is 4.60. The Morgan fingerprint density at radius 1 is 1.19 bits per heavy atom. The highest BCUT2D eigenvalue weighted by atomic mass is 35.5. The maximum atomic E-state index is 12.4. The van der Waals surface area contributed by atoms with Crippen molar-refractivity contribution in [3.05, 3.63) is 53.6 Å². The quantitative estimate of drug-likeness (QED) is 0.769. The van der Waals surface area contributed by atoms with Crippen molar-refractivity contribution in [1.29, 1.82) is 0 Å². The third-order valence-electron chi connectivity index (χ3n) is 5.98. The molecule has 0 bridgehead atoms. The van der Waals surface area contributed by atoms with Crippen LogP contribution in [0, 0.1) is 5.92 Å². The summed E-state index contributed by atoms with van der Waals surface area (Å²) in [5, 5.41) is 9.10. The maximum Gasteiger partial charge on any atom is 0.238 e. The SMILES string of the molecule is CCCCc1ccc(S(N)(=O)=O)c(C23CNCC2C3)c1-c1ccccc1.Cl. The van der Waals surface area contributed by atoms with Crippen LogP contribution in [-0.2, 0) is 21.9 Å². The number of nitrogens with two attached hydrogens (primary N) is 1. The average molecular weight is 407 g/mol. The lowest BCUT2D eigenvalue weighted by molar-refractivity contribution is 0.591. The number of fused-ring (bicyclic) bond motifs is 1. The highest BCUT2D eigenvalue weighted by Crippen LogP contribution is 2.60. The van der Waals surface area contributed by atoms with Crippen LogP contribution in [0.5, 0.6) is 0 Å². The largest absolute Gasteiger partial charge is 0.316 e. The topological polar surface area (TPSA) is 72.2 Å². The van der Waals surface area contributed by atoms with Crippen molar-refractivity contribution in [1.82, 2.24) is 5.32 Å². The first-order chi connectivity index (χ1) is 12.5. The van der Waals surface area contributed by atoms with Crippen LogP contribution in [0.15, 0.2) is 47.4 Å². The first kappa shape index (κ1) is 20.3. The van der Waals surface area contributed by atoms with Crippen LogP contribution in [0.25, 0.3) is 11.1 Å². The van der Waals surface area contributed by atoms with E-state index in [1.54, 1.807) is 6.07 Å². The zero-order valence-corrected chi connectivity index (χ0v) is 17.2. The van der Waals surface area contributed by atoms with Gasteiger partial charge in [-0.3, -0.25) is 0 Å². The first-order valence-electron chi connectivity index (χ1n) is 9.42. The van der Waals surface area contributed by atoms with E-state index in [1.807, 2.05) is 24.3 Å². The molecule has 0 spiro atoms. The van der Waals surface area contributed by atoms with E-state index in [0.717, 1.165) is 55.5 Å². The van der Waals surface area contributed by atoms with Crippen molar-refractivity contribution in [2.75, 3.05) is 13.1 Å². The van der Waals surface area contributed by atoms with Crippen LogP contribution < -0.4 is 10.5 Å². The van der Waals surface area contributed by atoms with Gasteiger partial charge in [0.25, 0.3) is 0 Å². The standard InChI is InChI=1S/C21H26N2O2S.ClH/c1-2-3-7-16-10-11-18(26(22,24)25)20(21-12-17(21)13-23-14-21)19(16)15-8-5-4-6-9-15;/h4-6,8-11,17,23H,2-3,7,12-14H2,1H3,(H2,22,24,25);1H. The minimum atomic E-state index is -3.78. The molecule has 0 radical (unpaired) electrons. The van der Waals surface area contributed by atoms with Gasteiger partial charge in [-0.05, 0) is 60.0 Å². The molecule has 1 aliphatic carbocycles. The lowest BCUT2D eigenvalue weighted by Gasteiger charge is -2.24. The van der Waals surface area contributed by atoms with E-state index in [-0.39, 0.29) is 17.8 Å². The van der Waals surface area contributed by atoms with Gasteiger partial charge in [-0.2, -0.15) is 0 Å². The van der Waals surface area contributed by atoms with Gasteiger partial charge in [-0.15, -0.1) is 12.4 Å². The molecule has 4 rings (SSSR count). The van der Waals surface area contributed by atoms with Gasteiger partial charge in [0.1, 0.15) is 0 Å². The summed E-state index contributed by atoms with van der Waals surface area (Å²) in [5.74, 6) is 0.506. The van der Waals surface area contributed by atoms with Crippen LogP contribution in [0.3, 0.4) is 0 Å². The minimum absolute atomic E-state index is 0. The van der Waals surface area contributed by atoms with Crippen molar-refractivity contribution < 1.29 is 8.42 Å². The number of hydrogen-bond donors (Lipinski definition) is 2. The molecular weight excluding hydrogens is 380 g/mol. The number of unbranched alkanes of at least 4 members (excludes halogenated alkanes) is 1. The smallest absolute Gasteiger partial charge is 0.238 e. The monoisotopic (exact) mass is 406 g/mol. The highest BCUT2D eigenvalue weighted by molar-refractivity contribution is 7.89. The molecule has 6 heteroatoms. The Bertz CT molecular complexity index is 931. The Kier molecular flexibility index (Phi) is 5.69. The Labute approximate surface area is 168 Å². The number of aryl methyl sites for hydroxylation is 1. The zero-order chi connectivity index (χ0) is 18.4. The minimum Gasteiger partial charge on any atom is -0.316 e. The molecule has 146 valence electrons. The Morgan fingerprint density at radius 2 is 1.93 bits per heavy atom. The lowest BCUT2D eigenvalue weighted by Crippen LogP contribution is -2.25. The summed E-state index contributed by atoms with van der Waals surface area (Å²) in [6, 6.07) is 13.9. The normalized spacial score (nSPS) is 23.6. The number of rotatable bonds is 6. The van der Waals surface area contributed by atoms with Crippen LogP contribution in [0.4, 0.5) is 0 Å². The van der Waals surface area contributed by atoms with E-state index in [1.165, 1.54) is 5.56 Å². The molecule has 2 aliphatic rings. The second kappa shape index (κ2) is 7.55. The van der Waals surface area contributed by atoms with E-state index >= 15 is 0 Å². The molecule has 1 heterocycles. The predicted molar refractivity (Wildman–Crippen MR) is 112 cm³/mol. The summed E-state index contributed by atoms with van der Waals surface area (Å²) < 4.78 is 24.9. The van der Waals surface area contributed by atoms with Crippen LogP contribution >= 0.6 is 12.4 Å². The van der Waals surface area contributed by atoms with Crippen LogP contribution in [0.2, 0.25) is 0 Å². The van der Waals surface area contributed by atoms with Crippen molar-refractivity contribution >= 4 is 22.4 Å². The van der Waals surface area contributed by atoms with Crippen molar-refractivity contribution in [3.8, 4) is 11.1 Å². The molecule has 2 aromatic carbocycles. The molecule has 1 saturated heterocycles. The summed E-state index contributed by atoms with van der Waals surface area (Å²) in [4.78, 5) is 0.308. The lowest BCUT2D eigenvalue weighted by atomic mass is 9.83. The second-order valence-corrected chi connectivity index (χ2v) is 9.21. The first-order valence-corrected chi connectivity index (χ1v) is 11.0. The van der Waals surface area contributed by atoms with E-state index in [0.29, 0.717) is 10.8 Å². The van der Waals surface area contributed by atoms with Gasteiger partial charge in [0, 0.05) is 12.0 Å². The molecule has 2 atom stereocenters. The van der Waals surface area contributed by atoms with Crippen molar-refractivity contribution in [3.63, 3.8) is 0 Å². The van der Waals surface area contributed by atoms with E-state index in [9.17, 15) is 8.42 Å². The molecule has 0 amide bonds. The Morgan fingerprint density at radius 3 is 2.48 bits per heavy atom. The van der Waals surface area contributed by atoms with Gasteiger partial charge >= 0.3 is 0 Å². The van der Waals surface area contributed by atoms with Gasteiger partial charge in [-0.25, -0.2) is 13.6 Å². The van der Waals surface area contributed by atoms with Gasteiger partial charge in [0.15, 0.2) is 0 Å². The molecule has 2 fully saturated rings. The molecule has 0 aromatic heterocycles. The molecule has 3 N–H and O–H groups in total. The number of halogens is 1. The zero-order valence-electron chi connectivity index (χ0n) is 15.6. The average Bonchev–Trinajstić information content (AvgIpc) is 3.19. The van der Waals surface area contributed by atoms with Gasteiger partial charge in [-0.1, -0.05) is 49.7 Å². The van der Waals surface area contributed by atoms with Crippen LogP contribution in [0.1, 0.15) is 37.3 Å². The predicted octanol–water partition coefficient (Wildman–Crippen LogP) is 3.63. The summed E-state index contributed by atoms with van der Waals surface area (Å²) in [5.41, 5.74) is 4.28. The molecule has 2 aromatic rings. The summed E-state index contributed by atoms with van der Waals surface area (Å²) >= 11 is 0. The molecule has 2 unspecified atom stereocenters. The third-order valence-corrected chi connectivity index (χ3v) is 6.94. The van der Waals surface area contributed by atoms with E-state index in [2.05, 4.69) is 24.4 Å². The van der Waals surface area contributed by atoms with Crippen molar-refractivity contribution in [2.24, 2.45) is 11.1 Å². The number of benzene rings is 2. The number of sulfonamides is 1. The molecular formula is C21H27ClN2O2S. The van der Waals surface area contributed by atoms with Crippen LogP contribution in [-0.4, -0.2) is 21.5 Å². The maximum absolute atomic E-state index is 12.4. The molecule has 4 nitrogen and oxygen atoms in total. The Hall–Kier alpha value is -1.40. The molecule has 1 saturated carbocycles. The van der Waals surface area contributed by atoms with Gasteiger partial charge < -0.3 is 5.32 Å². The second-order valence-electron chi connectivity index (χ2n) is 7.68. The number of hydrogen-bond acceptors (Lipinski definition) is 3. The van der Waals surface area contributed by atoms with E-state index < -0.39 is 10.0 Å². The number of nitrogens with one attached hydrogen (secondary N) is 1. The molecule has 27 heavy (non-hydrogen) atoms. The van der Waals surface area contributed by atoms with Gasteiger partial charge in [0.2, 0.25) is 10.0 Å². The summed E-state index contributed by atoms with van der Waals surface area (Å²) in [6.45, 7) is 3.97. The van der Waals surface area contributed by atoms with Crippen molar-refractivity contribution in [2.45, 2.75) is 42.9 Å². The molecule has 1 aliphatic heterocycles.